The van der Waals surface area contributed by atoms with Gasteiger partial charge in [-0.2, -0.15) is 13.2 Å². The van der Waals surface area contributed by atoms with Gasteiger partial charge in [0, 0.05) is 19.5 Å². The van der Waals surface area contributed by atoms with Crippen LogP contribution in [-0.2, 0) is 11.2 Å². The highest BCUT2D eigenvalue weighted by Crippen LogP contribution is 2.33. The van der Waals surface area contributed by atoms with Gasteiger partial charge in [-0.15, -0.1) is 0 Å². The molecular weight excluding hydrogens is 267 g/mol. The number of nitrogens with zero attached hydrogens (tertiary/aromatic N) is 1. The summed E-state index contributed by atoms with van der Waals surface area (Å²) in [4.78, 5) is 13.4. The van der Waals surface area contributed by atoms with Crippen molar-refractivity contribution in [3.05, 3.63) is 35.9 Å². The predicted octanol–water partition coefficient (Wildman–Crippen LogP) is 3.42. The largest absolute Gasteiger partial charge is 0.393 e. The third kappa shape index (κ3) is 3.99. The molecule has 1 amide bonds. The third-order valence-corrected chi connectivity index (χ3v) is 3.71. The van der Waals surface area contributed by atoms with Crippen molar-refractivity contribution in [3.8, 4) is 0 Å². The summed E-state index contributed by atoms with van der Waals surface area (Å²) in [5, 5.41) is 0. The van der Waals surface area contributed by atoms with Gasteiger partial charge in [-0.05, 0) is 24.8 Å². The van der Waals surface area contributed by atoms with Crippen LogP contribution >= 0.6 is 0 Å². The van der Waals surface area contributed by atoms with E-state index in [0.29, 0.717) is 19.4 Å². The van der Waals surface area contributed by atoms with Crippen molar-refractivity contribution in [2.45, 2.75) is 31.9 Å². The fourth-order valence-electron chi connectivity index (χ4n) is 2.52. The van der Waals surface area contributed by atoms with E-state index in [1.165, 1.54) is 4.90 Å². The van der Waals surface area contributed by atoms with Crippen LogP contribution < -0.4 is 0 Å². The fraction of sp³-hybridized carbons (Fsp3) is 0.533. The van der Waals surface area contributed by atoms with Crippen LogP contribution in [0.15, 0.2) is 30.3 Å². The number of hydrogen-bond donors (Lipinski definition) is 0. The number of halogens is 3. The molecule has 1 aliphatic rings. The molecule has 0 radical (unpaired) electrons. The van der Waals surface area contributed by atoms with Crippen LogP contribution in [0.4, 0.5) is 13.2 Å². The van der Waals surface area contributed by atoms with Crippen LogP contribution in [0.3, 0.4) is 0 Å². The van der Waals surface area contributed by atoms with E-state index in [9.17, 15) is 18.0 Å². The molecule has 0 spiro atoms. The minimum atomic E-state index is -4.20. The number of aryl methyl sites for hydroxylation is 1. The Morgan fingerprint density at radius 2 is 1.95 bits per heavy atom. The Hall–Kier alpha value is -1.52. The maximum Gasteiger partial charge on any atom is 0.393 e. The molecule has 1 unspecified atom stereocenters. The maximum absolute atomic E-state index is 12.7. The first-order chi connectivity index (χ1) is 9.47. The summed E-state index contributed by atoms with van der Waals surface area (Å²) < 4.78 is 38.1. The van der Waals surface area contributed by atoms with Crippen LogP contribution in [-0.4, -0.2) is 30.1 Å². The number of rotatable bonds is 3. The van der Waals surface area contributed by atoms with Crippen molar-refractivity contribution in [1.29, 1.82) is 0 Å². The first-order valence-corrected chi connectivity index (χ1v) is 6.85. The van der Waals surface area contributed by atoms with Crippen LogP contribution in [0.2, 0.25) is 0 Å². The number of benzene rings is 1. The SMILES string of the molecule is O=C(CCc1ccccc1)N1CCCC(C(F)(F)F)C1. The average Bonchev–Trinajstić information content (AvgIpc) is 2.45. The summed E-state index contributed by atoms with van der Waals surface area (Å²) in [6, 6.07) is 9.51. The van der Waals surface area contributed by atoms with Crippen molar-refractivity contribution >= 4 is 5.91 Å². The predicted molar refractivity (Wildman–Crippen MR) is 70.1 cm³/mol. The summed E-state index contributed by atoms with van der Waals surface area (Å²) in [6.07, 6.45) is -2.78. The molecule has 1 aromatic carbocycles. The summed E-state index contributed by atoms with van der Waals surface area (Å²) in [7, 11) is 0. The molecular formula is C15H18F3NO. The lowest BCUT2D eigenvalue weighted by molar-refractivity contribution is -0.188. The second-order valence-electron chi connectivity index (χ2n) is 5.21. The normalized spacial score (nSPS) is 19.9. The molecule has 1 atom stereocenters. The number of alkyl halides is 3. The lowest BCUT2D eigenvalue weighted by atomic mass is 9.97. The van der Waals surface area contributed by atoms with Gasteiger partial charge in [-0.25, -0.2) is 0 Å². The standard InChI is InChI=1S/C15H18F3NO/c16-15(17,18)13-7-4-10-19(11-13)14(20)9-8-12-5-2-1-3-6-12/h1-3,5-6,13H,4,7-11H2. The number of piperidine rings is 1. The molecule has 1 aromatic rings. The summed E-state index contributed by atoms with van der Waals surface area (Å²) in [5.74, 6) is -1.54. The molecule has 5 heteroatoms. The number of likely N-dealkylation sites (tertiary alicyclic amines) is 1. The van der Waals surface area contributed by atoms with Gasteiger partial charge in [-0.1, -0.05) is 30.3 Å². The lowest BCUT2D eigenvalue weighted by Gasteiger charge is -2.33. The molecule has 0 aliphatic carbocycles. The van der Waals surface area contributed by atoms with Gasteiger partial charge in [0.05, 0.1) is 5.92 Å². The quantitative estimate of drug-likeness (QED) is 0.833. The average molecular weight is 285 g/mol. The van der Waals surface area contributed by atoms with Gasteiger partial charge < -0.3 is 4.90 Å². The van der Waals surface area contributed by atoms with E-state index in [4.69, 9.17) is 0 Å². The molecule has 1 heterocycles. The number of hydrogen-bond acceptors (Lipinski definition) is 1. The molecule has 0 aromatic heterocycles. The Bertz CT molecular complexity index is 444. The molecule has 2 nitrogen and oxygen atoms in total. The van der Waals surface area contributed by atoms with Crippen molar-refractivity contribution < 1.29 is 18.0 Å². The van der Waals surface area contributed by atoms with Gasteiger partial charge in [-0.3, -0.25) is 4.79 Å². The van der Waals surface area contributed by atoms with E-state index in [1.807, 2.05) is 30.3 Å². The second kappa shape index (κ2) is 6.29. The summed E-state index contributed by atoms with van der Waals surface area (Å²) in [6.45, 7) is 0.261. The number of carbonyl (C=O) groups excluding carboxylic acids is 1. The zero-order valence-electron chi connectivity index (χ0n) is 11.2. The maximum atomic E-state index is 12.7. The van der Waals surface area contributed by atoms with Crippen molar-refractivity contribution in [2.75, 3.05) is 13.1 Å². The van der Waals surface area contributed by atoms with Crippen molar-refractivity contribution in [1.82, 2.24) is 4.90 Å². The summed E-state index contributed by atoms with van der Waals surface area (Å²) in [5.41, 5.74) is 1.03. The Balaban J connectivity index is 1.86. The molecule has 1 saturated heterocycles. The van der Waals surface area contributed by atoms with Gasteiger partial charge in [0.15, 0.2) is 0 Å². The van der Waals surface area contributed by atoms with Crippen LogP contribution in [0, 0.1) is 5.92 Å². The third-order valence-electron chi connectivity index (χ3n) is 3.71. The zero-order chi connectivity index (χ0) is 14.6. The van der Waals surface area contributed by atoms with Crippen LogP contribution in [0.25, 0.3) is 0 Å². The Labute approximate surface area is 116 Å². The Morgan fingerprint density at radius 3 is 2.60 bits per heavy atom. The van der Waals surface area contributed by atoms with E-state index in [0.717, 1.165) is 5.56 Å². The smallest absolute Gasteiger partial charge is 0.342 e. The highest BCUT2D eigenvalue weighted by atomic mass is 19.4. The van der Waals surface area contributed by atoms with E-state index in [1.54, 1.807) is 0 Å². The van der Waals surface area contributed by atoms with Gasteiger partial charge >= 0.3 is 6.18 Å². The van der Waals surface area contributed by atoms with Crippen LogP contribution in [0.1, 0.15) is 24.8 Å². The first kappa shape index (κ1) is 14.9. The monoisotopic (exact) mass is 285 g/mol. The minimum absolute atomic E-state index is 0.131. The van der Waals surface area contributed by atoms with Crippen molar-refractivity contribution in [3.63, 3.8) is 0 Å². The van der Waals surface area contributed by atoms with E-state index in [-0.39, 0.29) is 25.3 Å². The van der Waals surface area contributed by atoms with Gasteiger partial charge in [0.2, 0.25) is 5.91 Å². The topological polar surface area (TPSA) is 20.3 Å². The number of carbonyl (C=O) groups is 1. The highest BCUT2D eigenvalue weighted by Gasteiger charge is 2.42. The summed E-state index contributed by atoms with van der Waals surface area (Å²) >= 11 is 0. The second-order valence-corrected chi connectivity index (χ2v) is 5.21. The van der Waals surface area contributed by atoms with E-state index >= 15 is 0 Å². The fourth-order valence-corrected chi connectivity index (χ4v) is 2.52. The lowest BCUT2D eigenvalue weighted by Crippen LogP contribution is -2.44. The molecule has 110 valence electrons. The number of amides is 1. The molecule has 1 aliphatic heterocycles. The van der Waals surface area contributed by atoms with E-state index in [2.05, 4.69) is 0 Å². The first-order valence-electron chi connectivity index (χ1n) is 6.85. The molecule has 0 N–H and O–H groups in total. The highest BCUT2D eigenvalue weighted by molar-refractivity contribution is 5.76. The molecule has 0 bridgehead atoms. The molecule has 2 rings (SSSR count). The van der Waals surface area contributed by atoms with Crippen LogP contribution in [0.5, 0.6) is 0 Å². The minimum Gasteiger partial charge on any atom is -0.342 e. The Kier molecular flexibility index (Phi) is 4.68. The zero-order valence-corrected chi connectivity index (χ0v) is 11.2. The molecule has 1 fully saturated rings. The van der Waals surface area contributed by atoms with E-state index < -0.39 is 12.1 Å². The Morgan fingerprint density at radius 1 is 1.25 bits per heavy atom. The molecule has 20 heavy (non-hydrogen) atoms. The van der Waals surface area contributed by atoms with Gasteiger partial charge in [0.1, 0.15) is 0 Å². The molecule has 0 saturated carbocycles. The van der Waals surface area contributed by atoms with Crippen molar-refractivity contribution in [2.24, 2.45) is 5.92 Å². The van der Waals surface area contributed by atoms with Gasteiger partial charge in [0.25, 0.3) is 0 Å².